The summed E-state index contributed by atoms with van der Waals surface area (Å²) in [7, 11) is 0. The first-order valence-electron chi connectivity index (χ1n) is 7.03. The zero-order chi connectivity index (χ0) is 14.8. The zero-order valence-corrected chi connectivity index (χ0v) is 12.2. The quantitative estimate of drug-likeness (QED) is 0.719. The van der Waals surface area contributed by atoms with Crippen LogP contribution in [-0.4, -0.2) is 9.97 Å². The molecule has 1 aliphatic rings. The summed E-state index contributed by atoms with van der Waals surface area (Å²) >= 11 is 0. The molecule has 0 amide bonds. The van der Waals surface area contributed by atoms with Crippen molar-refractivity contribution in [2.45, 2.75) is 20.3 Å². The number of hydrogen-bond donors (Lipinski definition) is 2. The third-order valence-electron chi connectivity index (χ3n) is 3.58. The van der Waals surface area contributed by atoms with Crippen molar-refractivity contribution in [2.24, 2.45) is 0 Å². The van der Waals surface area contributed by atoms with Gasteiger partial charge in [0.15, 0.2) is 0 Å². The molecule has 0 aliphatic heterocycles. The van der Waals surface area contributed by atoms with Crippen LogP contribution in [0.5, 0.6) is 0 Å². The summed E-state index contributed by atoms with van der Waals surface area (Å²) in [4.78, 5) is 8.80. The molecule has 0 bridgehead atoms. The maximum absolute atomic E-state index is 5.88. The van der Waals surface area contributed by atoms with E-state index >= 15 is 0 Å². The van der Waals surface area contributed by atoms with Gasteiger partial charge in [0.25, 0.3) is 0 Å². The van der Waals surface area contributed by atoms with Crippen LogP contribution in [0.25, 0.3) is 11.3 Å². The number of nitrogens with two attached hydrogens (primary N) is 1. The van der Waals surface area contributed by atoms with Crippen molar-refractivity contribution in [1.82, 2.24) is 9.97 Å². The molecule has 21 heavy (non-hydrogen) atoms. The fraction of sp³-hybridized carbons (Fsp3) is 0.176. The Morgan fingerprint density at radius 1 is 1.24 bits per heavy atom. The van der Waals surface area contributed by atoms with Crippen LogP contribution >= 0.6 is 0 Å². The minimum Gasteiger partial charge on any atom is -0.368 e. The van der Waals surface area contributed by atoms with E-state index in [0.717, 1.165) is 34.8 Å². The Balaban J connectivity index is 2.07. The third kappa shape index (κ3) is 2.40. The molecular weight excluding hydrogens is 260 g/mol. The summed E-state index contributed by atoms with van der Waals surface area (Å²) < 4.78 is 0. The average Bonchev–Trinajstić information content (AvgIpc) is 2.85. The van der Waals surface area contributed by atoms with Crippen molar-refractivity contribution in [2.75, 3.05) is 11.1 Å². The summed E-state index contributed by atoms with van der Waals surface area (Å²) in [6.07, 6.45) is 6.84. The van der Waals surface area contributed by atoms with Crippen LogP contribution in [0, 0.1) is 0 Å². The highest BCUT2D eigenvalue weighted by Crippen LogP contribution is 2.38. The molecule has 1 aliphatic carbocycles. The second-order valence-electron chi connectivity index (χ2n) is 4.96. The molecule has 0 fully saturated rings. The van der Waals surface area contributed by atoms with Gasteiger partial charge in [0.1, 0.15) is 5.82 Å². The molecule has 4 heteroatoms. The van der Waals surface area contributed by atoms with Crippen molar-refractivity contribution in [3.8, 4) is 11.3 Å². The minimum absolute atomic E-state index is 0.295. The van der Waals surface area contributed by atoms with Crippen LogP contribution in [-0.2, 0) is 6.42 Å². The summed E-state index contributed by atoms with van der Waals surface area (Å²) in [6, 6.07) is 8.28. The Bertz CT molecular complexity index is 744. The highest BCUT2D eigenvalue weighted by molar-refractivity contribution is 5.79. The van der Waals surface area contributed by atoms with Crippen LogP contribution in [0.2, 0.25) is 0 Å². The average molecular weight is 278 g/mol. The van der Waals surface area contributed by atoms with E-state index < -0.39 is 0 Å². The Hall–Kier alpha value is -2.62. The van der Waals surface area contributed by atoms with E-state index in [1.165, 1.54) is 5.56 Å². The van der Waals surface area contributed by atoms with Crippen molar-refractivity contribution in [3.05, 3.63) is 59.3 Å². The lowest BCUT2D eigenvalue weighted by Crippen LogP contribution is -2.07. The van der Waals surface area contributed by atoms with E-state index in [1.807, 2.05) is 44.2 Å². The first kappa shape index (κ1) is 13.4. The Morgan fingerprint density at radius 2 is 2.05 bits per heavy atom. The van der Waals surface area contributed by atoms with Gasteiger partial charge in [0.05, 0.1) is 5.69 Å². The van der Waals surface area contributed by atoms with Crippen LogP contribution in [0.1, 0.15) is 25.0 Å². The number of fused-ring (bicyclic) bond motifs is 3. The first-order chi connectivity index (χ1) is 10.2. The number of aromatic nitrogens is 2. The van der Waals surface area contributed by atoms with E-state index in [0.29, 0.717) is 5.95 Å². The third-order valence-corrected chi connectivity index (χ3v) is 3.58. The van der Waals surface area contributed by atoms with E-state index in [-0.39, 0.29) is 0 Å². The molecule has 106 valence electrons. The fourth-order valence-corrected chi connectivity index (χ4v) is 2.62. The maximum atomic E-state index is 5.88. The van der Waals surface area contributed by atoms with Crippen molar-refractivity contribution in [1.29, 1.82) is 0 Å². The van der Waals surface area contributed by atoms with Gasteiger partial charge in [-0.15, -0.1) is 0 Å². The van der Waals surface area contributed by atoms with Crippen LogP contribution in [0.15, 0.2) is 48.2 Å². The summed E-state index contributed by atoms with van der Waals surface area (Å²) in [6.45, 7) is 3.97. The van der Waals surface area contributed by atoms with Gasteiger partial charge < -0.3 is 11.1 Å². The highest BCUT2D eigenvalue weighted by atomic mass is 15.1. The lowest BCUT2D eigenvalue weighted by atomic mass is 10.1. The number of nitrogens with one attached hydrogen (secondary N) is 1. The Kier molecular flexibility index (Phi) is 3.44. The Labute approximate surface area is 124 Å². The van der Waals surface area contributed by atoms with Crippen LogP contribution in [0.4, 0.5) is 11.8 Å². The number of hydrogen-bond acceptors (Lipinski definition) is 4. The monoisotopic (exact) mass is 278 g/mol. The smallest absolute Gasteiger partial charge is 0.222 e. The van der Waals surface area contributed by atoms with Crippen LogP contribution < -0.4 is 11.1 Å². The van der Waals surface area contributed by atoms with E-state index in [9.17, 15) is 0 Å². The van der Waals surface area contributed by atoms with E-state index in [4.69, 9.17) is 5.73 Å². The second-order valence-corrected chi connectivity index (χ2v) is 4.96. The van der Waals surface area contributed by atoms with Gasteiger partial charge in [-0.25, -0.2) is 4.98 Å². The topological polar surface area (TPSA) is 63.8 Å². The van der Waals surface area contributed by atoms with Crippen molar-refractivity contribution < 1.29 is 0 Å². The standard InChI is InChI=1S/C17H18N4/c1-3-7-12(4-2)19-16-14-10-11-8-5-6-9-13(11)15(14)20-17(18)21-16/h3-9H,10H2,1-2H3,(H3,18,19,20,21)/b7-3-,12-4+. The molecule has 3 N–H and O–H groups in total. The summed E-state index contributed by atoms with van der Waals surface area (Å²) in [5, 5.41) is 3.35. The van der Waals surface area contributed by atoms with Gasteiger partial charge >= 0.3 is 0 Å². The molecule has 0 spiro atoms. The van der Waals surface area contributed by atoms with Crippen LogP contribution in [0.3, 0.4) is 0 Å². The molecule has 0 saturated heterocycles. The predicted molar refractivity (Wildman–Crippen MR) is 86.9 cm³/mol. The number of allylic oxidation sites excluding steroid dienone is 3. The van der Waals surface area contributed by atoms with E-state index in [2.05, 4.69) is 27.4 Å². The number of benzene rings is 1. The molecule has 3 rings (SSSR count). The SMILES string of the molecule is C/C=C\C(=C/C)Nc1nc(N)nc2c1Cc1ccccc1-2. The minimum atomic E-state index is 0.295. The highest BCUT2D eigenvalue weighted by Gasteiger charge is 2.24. The van der Waals surface area contributed by atoms with Gasteiger partial charge in [-0.05, 0) is 25.5 Å². The van der Waals surface area contributed by atoms with Gasteiger partial charge in [-0.1, -0.05) is 36.4 Å². The normalized spacial score (nSPS) is 13.3. The number of nitrogens with zero attached hydrogens (tertiary/aromatic N) is 2. The molecule has 0 unspecified atom stereocenters. The molecular formula is C17H18N4. The van der Waals surface area contributed by atoms with Crippen molar-refractivity contribution in [3.63, 3.8) is 0 Å². The molecule has 1 aromatic carbocycles. The number of anilines is 2. The molecule has 2 aromatic rings. The number of rotatable bonds is 3. The maximum Gasteiger partial charge on any atom is 0.222 e. The molecule has 4 nitrogen and oxygen atoms in total. The predicted octanol–water partition coefficient (Wildman–Crippen LogP) is 3.52. The summed E-state index contributed by atoms with van der Waals surface area (Å²) in [5.74, 6) is 1.09. The molecule has 0 saturated carbocycles. The number of nitrogen functional groups attached to an aromatic ring is 1. The Morgan fingerprint density at radius 3 is 2.81 bits per heavy atom. The van der Waals surface area contributed by atoms with Gasteiger partial charge in [-0.2, -0.15) is 4.98 Å². The van der Waals surface area contributed by atoms with Gasteiger partial charge in [0, 0.05) is 23.2 Å². The van der Waals surface area contributed by atoms with Gasteiger partial charge in [-0.3, -0.25) is 0 Å². The lowest BCUT2D eigenvalue weighted by molar-refractivity contribution is 1.13. The lowest BCUT2D eigenvalue weighted by Gasteiger charge is -2.11. The van der Waals surface area contributed by atoms with Gasteiger partial charge in [0.2, 0.25) is 5.95 Å². The second kappa shape index (κ2) is 5.40. The molecule has 1 heterocycles. The first-order valence-corrected chi connectivity index (χ1v) is 7.03. The molecule has 0 atom stereocenters. The molecule has 1 aromatic heterocycles. The largest absolute Gasteiger partial charge is 0.368 e. The fourth-order valence-electron chi connectivity index (χ4n) is 2.62. The molecule has 0 radical (unpaired) electrons. The van der Waals surface area contributed by atoms with Crippen molar-refractivity contribution >= 4 is 11.8 Å². The summed E-state index contributed by atoms with van der Waals surface area (Å²) in [5.41, 5.74) is 11.3. The zero-order valence-electron chi connectivity index (χ0n) is 12.2. The van der Waals surface area contributed by atoms with E-state index in [1.54, 1.807) is 0 Å².